The molecule has 33 heavy (non-hydrogen) atoms. The molecule has 0 fully saturated rings. The molecule has 0 unspecified atom stereocenters. The molecule has 0 aliphatic carbocycles. The van der Waals surface area contributed by atoms with Crippen LogP contribution >= 0.6 is 11.6 Å². The topological polar surface area (TPSA) is 82.4 Å². The normalized spacial score (nSPS) is 13.3. The van der Waals surface area contributed by atoms with Crippen LogP contribution in [0.1, 0.15) is 23.6 Å². The third kappa shape index (κ3) is 4.32. The Balaban J connectivity index is 1.79. The fourth-order valence-electron chi connectivity index (χ4n) is 3.53. The Labute approximate surface area is 196 Å². The maximum atomic E-state index is 13.5. The van der Waals surface area contributed by atoms with E-state index in [2.05, 4.69) is 5.32 Å². The van der Waals surface area contributed by atoms with Gasteiger partial charge in [0.2, 0.25) is 0 Å². The Hall–Kier alpha value is -4.08. The minimum atomic E-state index is -0.495. The zero-order valence-electron chi connectivity index (χ0n) is 18.1. The van der Waals surface area contributed by atoms with Gasteiger partial charge in [0.15, 0.2) is 0 Å². The summed E-state index contributed by atoms with van der Waals surface area (Å²) in [6.45, 7) is 4.29. The van der Waals surface area contributed by atoms with Crippen LogP contribution in [0.15, 0.2) is 72.4 Å². The number of hydrogen-bond acceptors (Lipinski definition) is 5. The molecule has 0 atom stereocenters. The van der Waals surface area contributed by atoms with Gasteiger partial charge in [-0.2, -0.15) is 5.26 Å². The van der Waals surface area contributed by atoms with Crippen molar-refractivity contribution in [3.63, 3.8) is 0 Å². The van der Waals surface area contributed by atoms with Gasteiger partial charge in [0.25, 0.3) is 11.8 Å². The number of carbonyl (C=O) groups is 2. The van der Waals surface area contributed by atoms with E-state index in [-0.39, 0.29) is 11.3 Å². The Kier molecular flexibility index (Phi) is 6.16. The van der Waals surface area contributed by atoms with Crippen LogP contribution in [0.25, 0.3) is 5.57 Å². The van der Waals surface area contributed by atoms with Crippen molar-refractivity contribution in [3.8, 4) is 11.8 Å². The van der Waals surface area contributed by atoms with Crippen LogP contribution in [0.3, 0.4) is 0 Å². The summed E-state index contributed by atoms with van der Waals surface area (Å²) in [5.41, 5.74) is 3.27. The smallest absolute Gasteiger partial charge is 0.282 e. The van der Waals surface area contributed by atoms with E-state index in [1.165, 1.54) is 0 Å². The lowest BCUT2D eigenvalue weighted by Gasteiger charge is -2.15. The van der Waals surface area contributed by atoms with Crippen LogP contribution in [0.4, 0.5) is 11.4 Å². The average molecular weight is 458 g/mol. The molecule has 1 heterocycles. The van der Waals surface area contributed by atoms with Gasteiger partial charge in [-0.25, -0.2) is 4.90 Å². The Morgan fingerprint density at radius 2 is 1.70 bits per heavy atom. The number of imide groups is 1. The van der Waals surface area contributed by atoms with Gasteiger partial charge in [0.1, 0.15) is 11.4 Å². The molecule has 0 bridgehead atoms. The molecule has 6 nitrogen and oxygen atoms in total. The number of nitrogens with one attached hydrogen (secondary N) is 1. The molecule has 0 spiro atoms. The van der Waals surface area contributed by atoms with E-state index in [1.807, 2.05) is 26.0 Å². The molecule has 4 rings (SSSR count). The van der Waals surface area contributed by atoms with Crippen LogP contribution in [-0.4, -0.2) is 18.4 Å². The maximum absolute atomic E-state index is 13.5. The van der Waals surface area contributed by atoms with Gasteiger partial charge in [0, 0.05) is 10.7 Å². The molecule has 7 heteroatoms. The summed E-state index contributed by atoms with van der Waals surface area (Å²) in [6, 6.07) is 20.7. The molecular weight excluding hydrogens is 438 g/mol. The van der Waals surface area contributed by atoms with Crippen molar-refractivity contribution in [3.05, 3.63) is 94.1 Å². The van der Waals surface area contributed by atoms with Crippen LogP contribution in [0.5, 0.6) is 5.75 Å². The highest BCUT2D eigenvalue weighted by Gasteiger charge is 2.40. The van der Waals surface area contributed by atoms with Crippen LogP contribution in [0.2, 0.25) is 5.02 Å². The number of halogens is 1. The van der Waals surface area contributed by atoms with E-state index in [0.29, 0.717) is 39.9 Å². The number of aryl methyl sites for hydroxylation is 1. The molecule has 3 aromatic rings. The molecule has 1 aliphatic heterocycles. The molecule has 164 valence electrons. The summed E-state index contributed by atoms with van der Waals surface area (Å²) in [5.74, 6) is -0.290. The van der Waals surface area contributed by atoms with Crippen molar-refractivity contribution in [2.24, 2.45) is 0 Å². The van der Waals surface area contributed by atoms with Gasteiger partial charge in [-0.15, -0.1) is 0 Å². The molecule has 0 saturated carbocycles. The second-order valence-electron chi connectivity index (χ2n) is 7.40. The highest BCUT2D eigenvalue weighted by atomic mass is 35.5. The zero-order valence-corrected chi connectivity index (χ0v) is 18.8. The number of nitrogens with zero attached hydrogens (tertiary/aromatic N) is 2. The molecule has 0 saturated heterocycles. The first-order valence-electron chi connectivity index (χ1n) is 10.3. The first-order valence-corrected chi connectivity index (χ1v) is 10.7. The maximum Gasteiger partial charge on any atom is 0.282 e. The summed E-state index contributed by atoms with van der Waals surface area (Å²) in [4.78, 5) is 28.0. The van der Waals surface area contributed by atoms with Gasteiger partial charge in [-0.05, 0) is 73.5 Å². The number of ether oxygens (including phenoxy) is 1. The minimum absolute atomic E-state index is 0.147. The van der Waals surface area contributed by atoms with Crippen LogP contribution in [0, 0.1) is 18.3 Å². The fourth-order valence-corrected chi connectivity index (χ4v) is 3.71. The lowest BCUT2D eigenvalue weighted by molar-refractivity contribution is -0.120. The number of hydrogen-bond donors (Lipinski definition) is 1. The third-order valence-corrected chi connectivity index (χ3v) is 5.64. The molecule has 0 aromatic heterocycles. The molecule has 1 N–H and O–H groups in total. The van der Waals surface area contributed by atoms with E-state index in [1.54, 1.807) is 60.7 Å². The van der Waals surface area contributed by atoms with Gasteiger partial charge >= 0.3 is 0 Å². The van der Waals surface area contributed by atoms with Gasteiger partial charge < -0.3 is 10.1 Å². The van der Waals surface area contributed by atoms with Gasteiger partial charge in [-0.3, -0.25) is 9.59 Å². The molecule has 1 aliphatic rings. The summed E-state index contributed by atoms with van der Waals surface area (Å²) < 4.78 is 5.50. The SMILES string of the molecule is CCOc1ccc(C2=C(Nc3ccc(C)c(Cl)c3)C(=O)N(c3ccc(C#N)cc3)C2=O)cc1. The highest BCUT2D eigenvalue weighted by Crippen LogP contribution is 2.35. The Bertz CT molecular complexity index is 1310. The van der Waals surface area contributed by atoms with Crippen molar-refractivity contribution in [2.45, 2.75) is 13.8 Å². The Morgan fingerprint density at radius 1 is 1.00 bits per heavy atom. The number of carbonyl (C=O) groups excluding carboxylic acids is 2. The fraction of sp³-hybridized carbons (Fsp3) is 0.115. The monoisotopic (exact) mass is 457 g/mol. The number of rotatable bonds is 6. The number of benzene rings is 3. The second kappa shape index (κ2) is 9.19. The molecular formula is C26H20ClN3O3. The van der Waals surface area contributed by atoms with E-state index in [4.69, 9.17) is 21.6 Å². The Morgan fingerprint density at radius 3 is 2.30 bits per heavy atom. The summed E-state index contributed by atoms with van der Waals surface area (Å²) in [7, 11) is 0. The number of anilines is 2. The van der Waals surface area contributed by atoms with Crippen molar-refractivity contribution < 1.29 is 14.3 Å². The largest absolute Gasteiger partial charge is 0.494 e. The number of nitriles is 1. The molecule has 3 aromatic carbocycles. The second-order valence-corrected chi connectivity index (χ2v) is 7.81. The quantitative estimate of drug-likeness (QED) is 0.507. The van der Waals surface area contributed by atoms with Gasteiger partial charge in [-0.1, -0.05) is 29.8 Å². The average Bonchev–Trinajstić information content (AvgIpc) is 3.06. The van der Waals surface area contributed by atoms with Gasteiger partial charge in [0.05, 0.1) is 29.5 Å². The lowest BCUT2D eigenvalue weighted by Crippen LogP contribution is -2.32. The van der Waals surface area contributed by atoms with E-state index < -0.39 is 11.8 Å². The summed E-state index contributed by atoms with van der Waals surface area (Å²) in [6.07, 6.45) is 0. The van der Waals surface area contributed by atoms with Crippen LogP contribution < -0.4 is 15.0 Å². The standard InChI is InChI=1S/C26H20ClN3O3/c1-3-33-21-12-7-18(8-13-21)23-24(29-19-9-4-16(2)22(27)14-19)26(32)30(25(23)31)20-10-5-17(15-28)6-11-20/h4-14,29H,3H2,1-2H3. The first-order chi connectivity index (χ1) is 15.9. The summed E-state index contributed by atoms with van der Waals surface area (Å²) in [5, 5.41) is 12.7. The van der Waals surface area contributed by atoms with E-state index in [9.17, 15) is 9.59 Å². The van der Waals surface area contributed by atoms with Crippen molar-refractivity contribution in [1.82, 2.24) is 0 Å². The lowest BCUT2D eigenvalue weighted by atomic mass is 10.0. The predicted molar refractivity (Wildman–Crippen MR) is 128 cm³/mol. The predicted octanol–water partition coefficient (Wildman–Crippen LogP) is 5.32. The van der Waals surface area contributed by atoms with Crippen LogP contribution in [-0.2, 0) is 9.59 Å². The molecule has 0 radical (unpaired) electrons. The zero-order chi connectivity index (χ0) is 23.5. The van der Waals surface area contributed by atoms with Crippen molar-refractivity contribution in [1.29, 1.82) is 5.26 Å². The first kappa shape index (κ1) is 22.1. The minimum Gasteiger partial charge on any atom is -0.494 e. The van der Waals surface area contributed by atoms with Crippen molar-refractivity contribution >= 4 is 40.4 Å². The summed E-state index contributed by atoms with van der Waals surface area (Å²) >= 11 is 6.26. The highest BCUT2D eigenvalue weighted by molar-refractivity contribution is 6.46. The van der Waals surface area contributed by atoms with E-state index >= 15 is 0 Å². The molecule has 2 amide bonds. The third-order valence-electron chi connectivity index (χ3n) is 5.23. The van der Waals surface area contributed by atoms with Crippen molar-refractivity contribution in [2.75, 3.05) is 16.8 Å². The number of amides is 2. The van der Waals surface area contributed by atoms with E-state index in [0.717, 1.165) is 10.5 Å².